The second-order valence-corrected chi connectivity index (χ2v) is 5.45. The maximum atomic E-state index is 12.5. The maximum Gasteiger partial charge on any atom is 0.253 e. The van der Waals surface area contributed by atoms with Crippen LogP contribution in [0.2, 0.25) is 0 Å². The Kier molecular flexibility index (Phi) is 6.12. The molecule has 1 saturated heterocycles. The van der Waals surface area contributed by atoms with Crippen LogP contribution in [0.25, 0.3) is 0 Å². The van der Waals surface area contributed by atoms with Crippen molar-refractivity contribution in [2.24, 2.45) is 0 Å². The van der Waals surface area contributed by atoms with Gasteiger partial charge in [0.1, 0.15) is 0 Å². The van der Waals surface area contributed by atoms with Crippen LogP contribution in [-0.2, 0) is 4.79 Å². The lowest BCUT2D eigenvalue weighted by molar-refractivity contribution is -0.131. The SMILES string of the molecule is CCN(CCC(=O)N1CCNCC1)C(=O)c1ccc(C#N)cc1. The van der Waals surface area contributed by atoms with Gasteiger partial charge in [0.2, 0.25) is 5.91 Å². The van der Waals surface area contributed by atoms with E-state index in [1.807, 2.05) is 17.9 Å². The summed E-state index contributed by atoms with van der Waals surface area (Å²) in [5.41, 5.74) is 1.07. The van der Waals surface area contributed by atoms with Crippen molar-refractivity contribution in [1.29, 1.82) is 5.26 Å². The lowest BCUT2D eigenvalue weighted by Crippen LogP contribution is -2.47. The van der Waals surface area contributed by atoms with Crippen LogP contribution in [0, 0.1) is 11.3 Å². The Labute approximate surface area is 136 Å². The molecule has 0 atom stereocenters. The number of benzene rings is 1. The van der Waals surface area contributed by atoms with Crippen LogP contribution in [0.1, 0.15) is 29.3 Å². The first kappa shape index (κ1) is 17.0. The van der Waals surface area contributed by atoms with Crippen molar-refractivity contribution < 1.29 is 9.59 Å². The van der Waals surface area contributed by atoms with Crippen LogP contribution in [0.15, 0.2) is 24.3 Å². The van der Waals surface area contributed by atoms with E-state index >= 15 is 0 Å². The van der Waals surface area contributed by atoms with Gasteiger partial charge in [-0.15, -0.1) is 0 Å². The Morgan fingerprint density at radius 2 is 1.91 bits per heavy atom. The highest BCUT2D eigenvalue weighted by molar-refractivity contribution is 5.94. The Hall–Kier alpha value is -2.39. The number of carbonyl (C=O) groups is 2. The molecule has 0 spiro atoms. The zero-order valence-corrected chi connectivity index (χ0v) is 13.4. The van der Waals surface area contributed by atoms with Crippen LogP contribution < -0.4 is 5.32 Å². The summed E-state index contributed by atoms with van der Waals surface area (Å²) in [6.07, 6.45) is 0.343. The van der Waals surface area contributed by atoms with E-state index in [1.165, 1.54) is 0 Å². The first-order valence-corrected chi connectivity index (χ1v) is 7.93. The quantitative estimate of drug-likeness (QED) is 0.874. The summed E-state index contributed by atoms with van der Waals surface area (Å²) in [6.45, 7) is 5.98. The minimum Gasteiger partial charge on any atom is -0.340 e. The molecule has 2 amide bonds. The number of amides is 2. The van der Waals surface area contributed by atoms with Crippen molar-refractivity contribution in [3.63, 3.8) is 0 Å². The Morgan fingerprint density at radius 1 is 1.26 bits per heavy atom. The van der Waals surface area contributed by atoms with E-state index in [2.05, 4.69) is 5.32 Å². The Morgan fingerprint density at radius 3 is 2.48 bits per heavy atom. The monoisotopic (exact) mass is 314 g/mol. The molecule has 0 unspecified atom stereocenters. The molecule has 6 heteroatoms. The molecule has 0 aromatic heterocycles. The summed E-state index contributed by atoms with van der Waals surface area (Å²) in [7, 11) is 0. The minimum absolute atomic E-state index is 0.0950. The average Bonchev–Trinajstić information content (AvgIpc) is 2.62. The van der Waals surface area contributed by atoms with Gasteiger partial charge in [0.05, 0.1) is 11.6 Å². The van der Waals surface area contributed by atoms with Crippen molar-refractivity contribution in [2.45, 2.75) is 13.3 Å². The fourth-order valence-electron chi connectivity index (χ4n) is 2.58. The fraction of sp³-hybridized carbons (Fsp3) is 0.471. The second kappa shape index (κ2) is 8.30. The van der Waals surface area contributed by atoms with Crippen LogP contribution in [0.4, 0.5) is 0 Å². The standard InChI is InChI=1S/C17H22N4O2/c1-2-20(10-7-16(22)21-11-8-19-9-12-21)17(23)15-5-3-14(13-18)4-6-15/h3-6,19H,2,7-12H2,1H3. The number of nitrogens with one attached hydrogen (secondary N) is 1. The molecular weight excluding hydrogens is 292 g/mol. The molecule has 1 aromatic rings. The van der Waals surface area contributed by atoms with Gasteiger partial charge < -0.3 is 15.1 Å². The topological polar surface area (TPSA) is 76.4 Å². The van der Waals surface area contributed by atoms with Gasteiger partial charge in [-0.05, 0) is 31.2 Å². The predicted octanol–water partition coefficient (Wildman–Crippen LogP) is 0.842. The zero-order valence-electron chi connectivity index (χ0n) is 13.4. The van der Waals surface area contributed by atoms with Crippen molar-refractivity contribution >= 4 is 11.8 Å². The summed E-state index contributed by atoms with van der Waals surface area (Å²) in [6, 6.07) is 8.61. The summed E-state index contributed by atoms with van der Waals surface area (Å²) in [4.78, 5) is 28.2. The van der Waals surface area contributed by atoms with Gasteiger partial charge in [0.25, 0.3) is 5.91 Å². The van der Waals surface area contributed by atoms with Gasteiger partial charge in [-0.25, -0.2) is 0 Å². The number of rotatable bonds is 5. The summed E-state index contributed by atoms with van der Waals surface area (Å²) < 4.78 is 0. The molecule has 0 saturated carbocycles. The van der Waals surface area contributed by atoms with Crippen LogP contribution in [0.5, 0.6) is 0 Å². The molecule has 23 heavy (non-hydrogen) atoms. The molecule has 6 nitrogen and oxygen atoms in total. The summed E-state index contributed by atoms with van der Waals surface area (Å²) in [5, 5.41) is 12.0. The van der Waals surface area contributed by atoms with Crippen LogP contribution >= 0.6 is 0 Å². The molecule has 1 aliphatic heterocycles. The van der Waals surface area contributed by atoms with Gasteiger partial charge in [0, 0.05) is 51.3 Å². The van der Waals surface area contributed by atoms with E-state index in [1.54, 1.807) is 29.2 Å². The van der Waals surface area contributed by atoms with Gasteiger partial charge >= 0.3 is 0 Å². The average molecular weight is 314 g/mol. The lowest BCUT2D eigenvalue weighted by Gasteiger charge is -2.28. The summed E-state index contributed by atoms with van der Waals surface area (Å²) in [5.74, 6) is -0.0114. The smallest absolute Gasteiger partial charge is 0.253 e. The molecular formula is C17H22N4O2. The molecule has 0 aliphatic carbocycles. The largest absolute Gasteiger partial charge is 0.340 e. The molecule has 1 aliphatic rings. The highest BCUT2D eigenvalue weighted by Gasteiger charge is 2.19. The third-order valence-electron chi connectivity index (χ3n) is 4.00. The lowest BCUT2D eigenvalue weighted by atomic mass is 10.1. The van der Waals surface area contributed by atoms with E-state index in [4.69, 9.17) is 5.26 Å². The van der Waals surface area contributed by atoms with Crippen molar-refractivity contribution in [1.82, 2.24) is 15.1 Å². The molecule has 1 fully saturated rings. The number of carbonyl (C=O) groups excluding carboxylic acids is 2. The van der Waals surface area contributed by atoms with Gasteiger partial charge in [-0.3, -0.25) is 9.59 Å². The van der Waals surface area contributed by atoms with Crippen LogP contribution in [-0.4, -0.2) is 60.9 Å². The Bertz CT molecular complexity index is 586. The second-order valence-electron chi connectivity index (χ2n) is 5.45. The molecule has 0 radical (unpaired) electrons. The minimum atomic E-state index is -0.106. The number of hydrogen-bond acceptors (Lipinski definition) is 4. The van der Waals surface area contributed by atoms with Crippen molar-refractivity contribution in [2.75, 3.05) is 39.3 Å². The molecule has 1 N–H and O–H groups in total. The van der Waals surface area contributed by atoms with Gasteiger partial charge in [-0.2, -0.15) is 5.26 Å². The predicted molar refractivity (Wildman–Crippen MR) is 86.8 cm³/mol. The highest BCUT2D eigenvalue weighted by atomic mass is 16.2. The molecule has 0 bridgehead atoms. The van der Waals surface area contributed by atoms with E-state index in [-0.39, 0.29) is 11.8 Å². The summed E-state index contributed by atoms with van der Waals surface area (Å²) >= 11 is 0. The van der Waals surface area contributed by atoms with E-state index in [0.29, 0.717) is 30.6 Å². The third-order valence-corrected chi connectivity index (χ3v) is 4.00. The number of hydrogen-bond donors (Lipinski definition) is 1. The van der Waals surface area contributed by atoms with E-state index in [9.17, 15) is 9.59 Å². The number of nitriles is 1. The maximum absolute atomic E-state index is 12.5. The number of piperazine rings is 1. The normalized spacial score (nSPS) is 14.2. The van der Waals surface area contributed by atoms with E-state index in [0.717, 1.165) is 26.2 Å². The van der Waals surface area contributed by atoms with Crippen molar-refractivity contribution in [3.05, 3.63) is 35.4 Å². The highest BCUT2D eigenvalue weighted by Crippen LogP contribution is 2.08. The first-order chi connectivity index (χ1) is 11.2. The Balaban J connectivity index is 1.91. The molecule has 1 heterocycles. The zero-order chi connectivity index (χ0) is 16.7. The van der Waals surface area contributed by atoms with Gasteiger partial charge in [-0.1, -0.05) is 0 Å². The van der Waals surface area contributed by atoms with Gasteiger partial charge in [0.15, 0.2) is 0 Å². The molecule has 122 valence electrons. The van der Waals surface area contributed by atoms with Crippen LogP contribution in [0.3, 0.4) is 0 Å². The molecule has 2 rings (SSSR count). The molecule has 1 aromatic carbocycles. The fourth-order valence-corrected chi connectivity index (χ4v) is 2.58. The number of nitrogens with zero attached hydrogens (tertiary/aromatic N) is 3. The third kappa shape index (κ3) is 4.54. The van der Waals surface area contributed by atoms with Crippen molar-refractivity contribution in [3.8, 4) is 6.07 Å². The first-order valence-electron chi connectivity index (χ1n) is 7.93. The van der Waals surface area contributed by atoms with E-state index < -0.39 is 0 Å².